The number of methoxy groups -OCH3 is 1. The summed E-state index contributed by atoms with van der Waals surface area (Å²) in [7, 11) is 1.53. The van der Waals surface area contributed by atoms with Gasteiger partial charge in [-0.15, -0.1) is 0 Å². The summed E-state index contributed by atoms with van der Waals surface area (Å²) in [5.41, 5.74) is 6.18. The summed E-state index contributed by atoms with van der Waals surface area (Å²) in [6, 6.07) is 13.5. The molecule has 0 saturated heterocycles. The average Bonchev–Trinajstić information content (AvgIpc) is 2.65. The zero-order valence-electron chi connectivity index (χ0n) is 15.8. The van der Waals surface area contributed by atoms with Crippen molar-refractivity contribution in [3.63, 3.8) is 0 Å². The minimum atomic E-state index is -0.981. The van der Waals surface area contributed by atoms with Crippen LogP contribution in [0.15, 0.2) is 48.5 Å². The van der Waals surface area contributed by atoms with Crippen LogP contribution in [0.5, 0.6) is 5.75 Å². The molecule has 0 aliphatic rings. The highest BCUT2D eigenvalue weighted by Gasteiger charge is 2.17. The van der Waals surface area contributed by atoms with Gasteiger partial charge in [-0.2, -0.15) is 0 Å². The van der Waals surface area contributed by atoms with E-state index in [0.717, 1.165) is 5.56 Å². The van der Waals surface area contributed by atoms with Gasteiger partial charge in [0.15, 0.2) is 0 Å². The number of amides is 3. The van der Waals surface area contributed by atoms with E-state index in [1.807, 2.05) is 12.1 Å². The quantitative estimate of drug-likeness (QED) is 0.572. The fourth-order valence-corrected chi connectivity index (χ4v) is 2.23. The summed E-state index contributed by atoms with van der Waals surface area (Å²) >= 11 is 0. The van der Waals surface area contributed by atoms with E-state index in [1.54, 1.807) is 36.4 Å². The molecule has 0 bridgehead atoms. The minimum absolute atomic E-state index is 0.0250. The summed E-state index contributed by atoms with van der Waals surface area (Å²) in [4.78, 5) is 35.8. The Morgan fingerprint density at radius 1 is 0.815 bits per heavy atom. The molecule has 7 heteroatoms. The Balaban J connectivity index is 1.88. The fourth-order valence-electron chi connectivity index (χ4n) is 2.23. The first-order chi connectivity index (χ1) is 12.7. The first kappa shape index (κ1) is 20.0. The number of hydrogen-bond donors (Lipinski definition) is 3. The molecule has 3 N–H and O–H groups in total. The molecule has 0 atom stereocenters. The number of rotatable bonds is 3. The molecule has 0 aliphatic carbocycles. The highest BCUT2D eigenvalue weighted by atomic mass is 16.5. The van der Waals surface area contributed by atoms with E-state index in [1.165, 1.54) is 7.11 Å². The maximum Gasteiger partial charge on any atom is 0.328 e. The predicted octanol–water partition coefficient (Wildman–Crippen LogP) is 2.39. The van der Waals surface area contributed by atoms with Crippen LogP contribution < -0.4 is 20.9 Å². The highest BCUT2D eigenvalue weighted by molar-refractivity contribution is 6.39. The van der Waals surface area contributed by atoms with E-state index >= 15 is 0 Å². The topological polar surface area (TPSA) is 96.5 Å². The van der Waals surface area contributed by atoms with Crippen LogP contribution >= 0.6 is 0 Å². The van der Waals surface area contributed by atoms with Gasteiger partial charge >= 0.3 is 11.8 Å². The third-order valence-corrected chi connectivity index (χ3v) is 3.86. The van der Waals surface area contributed by atoms with Gasteiger partial charge in [0.25, 0.3) is 5.91 Å². The number of carbonyl (C=O) groups is 3. The molecule has 142 valence electrons. The number of benzene rings is 2. The van der Waals surface area contributed by atoms with E-state index in [0.29, 0.717) is 17.0 Å². The second-order valence-electron chi connectivity index (χ2n) is 6.92. The monoisotopic (exact) mass is 369 g/mol. The molecule has 27 heavy (non-hydrogen) atoms. The number of hydrogen-bond acceptors (Lipinski definition) is 4. The number of nitrogens with one attached hydrogen (secondary N) is 3. The summed E-state index contributed by atoms with van der Waals surface area (Å²) in [5, 5.41) is 2.42. The van der Waals surface area contributed by atoms with Gasteiger partial charge in [0.2, 0.25) is 0 Å². The maximum atomic E-state index is 12.1. The van der Waals surface area contributed by atoms with Crippen LogP contribution in [0.25, 0.3) is 0 Å². The number of carbonyl (C=O) groups excluding carboxylic acids is 3. The molecule has 0 radical (unpaired) electrons. The number of anilines is 1. The Morgan fingerprint density at radius 3 is 1.93 bits per heavy atom. The van der Waals surface area contributed by atoms with Gasteiger partial charge in [0.05, 0.1) is 7.11 Å². The lowest BCUT2D eigenvalue weighted by atomic mass is 9.87. The van der Waals surface area contributed by atoms with Gasteiger partial charge in [-0.1, -0.05) is 32.9 Å². The van der Waals surface area contributed by atoms with E-state index in [-0.39, 0.29) is 5.41 Å². The van der Waals surface area contributed by atoms with Crippen molar-refractivity contribution < 1.29 is 19.1 Å². The van der Waals surface area contributed by atoms with Crippen molar-refractivity contribution in [2.45, 2.75) is 26.2 Å². The first-order valence-electron chi connectivity index (χ1n) is 8.37. The van der Waals surface area contributed by atoms with Gasteiger partial charge in [0.1, 0.15) is 5.75 Å². The molecule has 0 spiro atoms. The second kappa shape index (κ2) is 8.35. The Bertz CT molecular complexity index is 822. The summed E-state index contributed by atoms with van der Waals surface area (Å²) in [6.07, 6.45) is 0. The van der Waals surface area contributed by atoms with E-state index in [4.69, 9.17) is 4.74 Å². The molecule has 0 aromatic heterocycles. The van der Waals surface area contributed by atoms with Crippen molar-refractivity contribution >= 4 is 23.4 Å². The maximum absolute atomic E-state index is 12.1. The molecule has 2 aromatic rings. The normalized spacial score (nSPS) is 10.7. The van der Waals surface area contributed by atoms with Crippen LogP contribution in [0.4, 0.5) is 5.69 Å². The van der Waals surface area contributed by atoms with Crippen LogP contribution in [0.1, 0.15) is 36.7 Å². The molecule has 0 fully saturated rings. The Labute approximate surface area is 158 Å². The smallest absolute Gasteiger partial charge is 0.328 e. The van der Waals surface area contributed by atoms with E-state index in [9.17, 15) is 14.4 Å². The number of ether oxygens (including phenoxy) is 1. The minimum Gasteiger partial charge on any atom is -0.497 e. The van der Waals surface area contributed by atoms with Crippen molar-refractivity contribution in [3.05, 3.63) is 59.7 Å². The van der Waals surface area contributed by atoms with Crippen LogP contribution in [0.3, 0.4) is 0 Å². The van der Waals surface area contributed by atoms with E-state index in [2.05, 4.69) is 36.9 Å². The van der Waals surface area contributed by atoms with Gasteiger partial charge in [-0.3, -0.25) is 25.2 Å². The third-order valence-electron chi connectivity index (χ3n) is 3.86. The predicted molar refractivity (Wildman–Crippen MR) is 102 cm³/mol. The van der Waals surface area contributed by atoms with Gasteiger partial charge < -0.3 is 10.1 Å². The summed E-state index contributed by atoms with van der Waals surface area (Å²) in [6.45, 7) is 6.22. The number of hydrazine groups is 1. The zero-order chi connectivity index (χ0) is 20.0. The van der Waals surface area contributed by atoms with Crippen LogP contribution in [0, 0.1) is 0 Å². The van der Waals surface area contributed by atoms with Gasteiger partial charge in [-0.25, -0.2) is 0 Å². The van der Waals surface area contributed by atoms with Crippen molar-refractivity contribution in [2.24, 2.45) is 0 Å². The molecular formula is C20H23N3O4. The van der Waals surface area contributed by atoms with Gasteiger partial charge in [-0.05, 0) is 47.4 Å². The van der Waals surface area contributed by atoms with Crippen molar-refractivity contribution in [2.75, 3.05) is 12.4 Å². The lowest BCUT2D eigenvalue weighted by Gasteiger charge is -2.19. The Morgan fingerprint density at radius 2 is 1.41 bits per heavy atom. The molecule has 0 heterocycles. The lowest BCUT2D eigenvalue weighted by Crippen LogP contribution is -2.46. The lowest BCUT2D eigenvalue weighted by molar-refractivity contribution is -0.136. The standard InChI is InChI=1S/C20H23N3O4/c1-20(2,3)14-7-5-13(6-8-14)17(24)22-23-19(26)18(25)21-15-9-11-16(27-4)12-10-15/h5-12H,1-4H3,(H,21,25)(H,22,24)(H,23,26). The SMILES string of the molecule is COc1ccc(NC(=O)C(=O)NNC(=O)c2ccc(C(C)(C)C)cc2)cc1. The molecule has 2 rings (SSSR count). The third kappa shape index (κ3) is 5.57. The molecule has 0 unspecified atom stereocenters. The molecule has 0 aliphatic heterocycles. The Hall–Kier alpha value is -3.35. The molecular weight excluding hydrogens is 346 g/mol. The van der Waals surface area contributed by atoms with Crippen LogP contribution in [-0.4, -0.2) is 24.8 Å². The largest absolute Gasteiger partial charge is 0.497 e. The molecule has 7 nitrogen and oxygen atoms in total. The van der Waals surface area contributed by atoms with Crippen LogP contribution in [-0.2, 0) is 15.0 Å². The zero-order valence-corrected chi connectivity index (χ0v) is 15.8. The average molecular weight is 369 g/mol. The highest BCUT2D eigenvalue weighted by Crippen LogP contribution is 2.22. The van der Waals surface area contributed by atoms with Crippen molar-refractivity contribution in [1.29, 1.82) is 0 Å². The van der Waals surface area contributed by atoms with Crippen LogP contribution in [0.2, 0.25) is 0 Å². The fraction of sp³-hybridized carbons (Fsp3) is 0.250. The van der Waals surface area contributed by atoms with Crippen molar-refractivity contribution in [1.82, 2.24) is 10.9 Å². The van der Waals surface area contributed by atoms with Gasteiger partial charge in [0, 0.05) is 11.3 Å². The molecule has 3 amide bonds. The Kier molecular flexibility index (Phi) is 6.18. The van der Waals surface area contributed by atoms with E-state index < -0.39 is 17.7 Å². The van der Waals surface area contributed by atoms with Crippen molar-refractivity contribution in [3.8, 4) is 5.75 Å². The second-order valence-corrected chi connectivity index (χ2v) is 6.92. The first-order valence-corrected chi connectivity index (χ1v) is 8.37. The summed E-state index contributed by atoms with van der Waals surface area (Å²) < 4.78 is 5.01. The molecule has 2 aromatic carbocycles. The summed E-state index contributed by atoms with van der Waals surface area (Å²) in [5.74, 6) is -1.77. The molecule has 0 saturated carbocycles.